The van der Waals surface area contributed by atoms with E-state index in [1.807, 2.05) is 0 Å². The van der Waals surface area contributed by atoms with E-state index in [2.05, 4.69) is 0 Å². The summed E-state index contributed by atoms with van der Waals surface area (Å²) >= 11 is 0. The molecule has 1 aromatic carbocycles. The van der Waals surface area contributed by atoms with E-state index in [1.165, 1.54) is 12.1 Å². The molecule has 0 amide bonds. The largest absolute Gasteiger partial charge is 0.299 e. The molecule has 1 rings (SSSR count). The fourth-order valence-corrected chi connectivity index (χ4v) is 1.04. The zero-order valence-electron chi connectivity index (χ0n) is 7.79. The number of hydrogen-bond acceptors (Lipinski definition) is 2. The quantitative estimate of drug-likeness (QED) is 0.454. The van der Waals surface area contributed by atoms with Gasteiger partial charge in [-0.15, -0.1) is 0 Å². The second-order valence-corrected chi connectivity index (χ2v) is 2.91. The number of halogens is 4. The molecular formula is C10H6F4O2. The van der Waals surface area contributed by atoms with Crippen LogP contribution in [0.5, 0.6) is 0 Å². The molecule has 1 atom stereocenters. The summed E-state index contributed by atoms with van der Waals surface area (Å²) in [6.07, 6.45) is -6.62. The highest BCUT2D eigenvalue weighted by atomic mass is 19.3. The van der Waals surface area contributed by atoms with Gasteiger partial charge in [-0.25, -0.2) is 17.6 Å². The second kappa shape index (κ2) is 4.87. The number of carbonyl (C=O) groups excluding carboxylic acids is 2. The Morgan fingerprint density at radius 2 is 1.62 bits per heavy atom. The van der Waals surface area contributed by atoms with Crippen molar-refractivity contribution in [2.45, 2.75) is 12.6 Å². The van der Waals surface area contributed by atoms with Crippen LogP contribution in [-0.4, -0.2) is 24.2 Å². The lowest BCUT2D eigenvalue weighted by Gasteiger charge is -2.06. The van der Waals surface area contributed by atoms with Gasteiger partial charge in [0, 0.05) is 0 Å². The van der Waals surface area contributed by atoms with Gasteiger partial charge < -0.3 is 0 Å². The van der Waals surface area contributed by atoms with Gasteiger partial charge in [0.25, 0.3) is 6.43 Å². The maximum atomic E-state index is 13.0. The van der Waals surface area contributed by atoms with Gasteiger partial charge in [0.1, 0.15) is 5.82 Å². The van der Waals surface area contributed by atoms with Gasteiger partial charge in [0.15, 0.2) is 0 Å². The molecule has 2 nitrogen and oxygen atoms in total. The third-order valence-corrected chi connectivity index (χ3v) is 1.83. The fraction of sp³-hybridized carbons (Fsp3) is 0.200. The summed E-state index contributed by atoms with van der Waals surface area (Å²) in [5.74, 6) is -4.81. The first-order valence-corrected chi connectivity index (χ1v) is 4.20. The topological polar surface area (TPSA) is 34.1 Å². The number of carbonyl (C=O) groups is 2. The van der Waals surface area contributed by atoms with Crippen LogP contribution in [0.1, 0.15) is 10.4 Å². The molecule has 86 valence electrons. The molecule has 0 N–H and O–H groups in total. The van der Waals surface area contributed by atoms with E-state index in [4.69, 9.17) is 0 Å². The van der Waals surface area contributed by atoms with Crippen molar-refractivity contribution in [1.29, 1.82) is 0 Å². The maximum absolute atomic E-state index is 13.0. The zero-order chi connectivity index (χ0) is 12.3. The molecule has 1 unspecified atom stereocenters. The van der Waals surface area contributed by atoms with Gasteiger partial charge in [0.05, 0.1) is 5.56 Å². The summed E-state index contributed by atoms with van der Waals surface area (Å²) in [6, 6.07) is 4.26. The summed E-state index contributed by atoms with van der Waals surface area (Å²) in [4.78, 5) is 21.6. The first kappa shape index (κ1) is 12.4. The van der Waals surface area contributed by atoms with E-state index in [0.717, 1.165) is 12.1 Å². The summed E-state index contributed by atoms with van der Waals surface area (Å²) in [7, 11) is 0. The normalized spacial score (nSPS) is 12.6. The highest BCUT2D eigenvalue weighted by Crippen LogP contribution is 2.13. The third-order valence-electron chi connectivity index (χ3n) is 1.83. The Morgan fingerprint density at radius 1 is 1.06 bits per heavy atom. The van der Waals surface area contributed by atoms with Crippen LogP contribution in [-0.2, 0) is 4.79 Å². The lowest BCUT2D eigenvalue weighted by atomic mass is 10.0. The van der Waals surface area contributed by atoms with Crippen molar-refractivity contribution in [1.82, 2.24) is 0 Å². The molecule has 0 aromatic heterocycles. The van der Waals surface area contributed by atoms with Gasteiger partial charge in [0.2, 0.25) is 17.7 Å². The number of alkyl halides is 3. The first-order valence-electron chi connectivity index (χ1n) is 4.20. The van der Waals surface area contributed by atoms with Crippen LogP contribution in [0.25, 0.3) is 0 Å². The molecule has 6 heteroatoms. The minimum Gasteiger partial charge on any atom is -0.290 e. The third kappa shape index (κ3) is 2.44. The Balaban J connectivity index is 2.95. The Labute approximate surface area is 87.9 Å². The monoisotopic (exact) mass is 234 g/mol. The maximum Gasteiger partial charge on any atom is 0.299 e. The minimum atomic E-state index is -3.59. The molecule has 0 aliphatic carbocycles. The number of ketones is 2. The van der Waals surface area contributed by atoms with Crippen molar-refractivity contribution in [2.24, 2.45) is 0 Å². The standard InChI is InChI=1S/C10H6F4O2/c11-6-4-2-1-3-5(6)8(15)7(12)9(16)10(13)14/h1-4,7,10H. The average molecular weight is 234 g/mol. The van der Waals surface area contributed by atoms with Crippen LogP contribution in [0.2, 0.25) is 0 Å². The molecule has 0 aliphatic heterocycles. The van der Waals surface area contributed by atoms with Crippen LogP contribution in [0.3, 0.4) is 0 Å². The van der Waals surface area contributed by atoms with E-state index in [9.17, 15) is 27.2 Å². The molecule has 0 aliphatic rings. The number of hydrogen-bond donors (Lipinski definition) is 0. The highest BCUT2D eigenvalue weighted by molar-refractivity contribution is 6.14. The summed E-state index contributed by atoms with van der Waals surface area (Å²) in [5.41, 5.74) is -0.719. The zero-order valence-corrected chi connectivity index (χ0v) is 7.79. The second-order valence-electron chi connectivity index (χ2n) is 2.91. The summed E-state index contributed by atoms with van der Waals surface area (Å²) < 4.78 is 49.6. The van der Waals surface area contributed by atoms with E-state index < -0.39 is 35.5 Å². The molecule has 0 saturated heterocycles. The smallest absolute Gasteiger partial charge is 0.290 e. The number of benzene rings is 1. The Hall–Kier alpha value is -1.72. The molecule has 16 heavy (non-hydrogen) atoms. The first-order chi connectivity index (χ1) is 7.45. The highest BCUT2D eigenvalue weighted by Gasteiger charge is 2.34. The van der Waals surface area contributed by atoms with Crippen molar-refractivity contribution in [3.8, 4) is 0 Å². The van der Waals surface area contributed by atoms with Crippen molar-refractivity contribution in [2.75, 3.05) is 0 Å². The Morgan fingerprint density at radius 3 is 2.12 bits per heavy atom. The molecule has 0 spiro atoms. The van der Waals surface area contributed by atoms with E-state index in [-0.39, 0.29) is 0 Å². The van der Waals surface area contributed by atoms with Gasteiger partial charge in [-0.05, 0) is 12.1 Å². The van der Waals surface area contributed by atoms with Crippen LogP contribution in [0, 0.1) is 5.82 Å². The molecule has 1 aromatic rings. The fourth-order valence-electron chi connectivity index (χ4n) is 1.04. The Bertz CT molecular complexity index is 417. The average Bonchev–Trinajstić information content (AvgIpc) is 2.26. The van der Waals surface area contributed by atoms with E-state index >= 15 is 0 Å². The number of Topliss-reactive ketones (excluding diaryl/α,β-unsaturated/α-hetero) is 2. The van der Waals surface area contributed by atoms with Crippen LogP contribution >= 0.6 is 0 Å². The molecule has 0 radical (unpaired) electrons. The Kier molecular flexibility index (Phi) is 3.76. The number of rotatable bonds is 4. The molecular weight excluding hydrogens is 228 g/mol. The lowest BCUT2D eigenvalue weighted by Crippen LogP contribution is -2.31. The van der Waals surface area contributed by atoms with Crippen molar-refractivity contribution >= 4 is 11.6 Å². The molecule has 0 saturated carbocycles. The summed E-state index contributed by atoms with van der Waals surface area (Å²) in [6.45, 7) is 0. The van der Waals surface area contributed by atoms with E-state index in [1.54, 1.807) is 0 Å². The molecule has 0 heterocycles. The van der Waals surface area contributed by atoms with Gasteiger partial charge >= 0.3 is 0 Å². The van der Waals surface area contributed by atoms with Gasteiger partial charge in [-0.3, -0.25) is 9.59 Å². The van der Waals surface area contributed by atoms with Crippen LogP contribution < -0.4 is 0 Å². The van der Waals surface area contributed by atoms with Crippen molar-refractivity contribution in [3.63, 3.8) is 0 Å². The predicted molar refractivity (Wildman–Crippen MR) is 46.6 cm³/mol. The molecule has 0 fully saturated rings. The van der Waals surface area contributed by atoms with Crippen LogP contribution in [0.15, 0.2) is 24.3 Å². The van der Waals surface area contributed by atoms with Gasteiger partial charge in [-0.1, -0.05) is 12.1 Å². The lowest BCUT2D eigenvalue weighted by molar-refractivity contribution is -0.132. The van der Waals surface area contributed by atoms with E-state index in [0.29, 0.717) is 0 Å². The van der Waals surface area contributed by atoms with Gasteiger partial charge in [-0.2, -0.15) is 0 Å². The van der Waals surface area contributed by atoms with Crippen molar-refractivity contribution in [3.05, 3.63) is 35.6 Å². The SMILES string of the molecule is O=C(c1ccccc1F)C(F)C(=O)C(F)F. The molecule has 0 bridgehead atoms. The summed E-state index contributed by atoms with van der Waals surface area (Å²) in [5, 5.41) is 0. The van der Waals surface area contributed by atoms with Crippen LogP contribution in [0.4, 0.5) is 17.6 Å². The van der Waals surface area contributed by atoms with Crippen molar-refractivity contribution < 1.29 is 27.2 Å². The minimum absolute atomic E-state index is 0.719. The predicted octanol–water partition coefficient (Wildman–Crippen LogP) is 2.18.